The van der Waals surface area contributed by atoms with Gasteiger partial charge in [0.2, 0.25) is 11.8 Å². The number of amides is 2. The van der Waals surface area contributed by atoms with Crippen molar-refractivity contribution in [2.24, 2.45) is 17.8 Å². The predicted octanol–water partition coefficient (Wildman–Crippen LogP) is 2.07. The first-order valence-corrected chi connectivity index (χ1v) is 6.35. The third kappa shape index (κ3) is 1.72. The number of fused-ring (bicyclic) bond motifs is 1. The maximum atomic E-state index is 13.8. The van der Waals surface area contributed by atoms with Gasteiger partial charge in [-0.25, -0.2) is 9.29 Å². The molecular formula is C14H14FNO3. The molecule has 1 saturated heterocycles. The SMILES string of the molecule is CC1CC2C(=O)N(c3ccc(O)cc3F)C(=O)C2C1. The highest BCUT2D eigenvalue weighted by Gasteiger charge is 2.52. The van der Waals surface area contributed by atoms with Gasteiger partial charge in [0.25, 0.3) is 0 Å². The van der Waals surface area contributed by atoms with E-state index in [1.165, 1.54) is 12.1 Å². The molecule has 100 valence electrons. The van der Waals surface area contributed by atoms with Gasteiger partial charge < -0.3 is 5.11 Å². The van der Waals surface area contributed by atoms with Crippen molar-refractivity contribution < 1.29 is 19.1 Å². The van der Waals surface area contributed by atoms with Crippen molar-refractivity contribution in [3.8, 4) is 5.75 Å². The van der Waals surface area contributed by atoms with Crippen LogP contribution in [0.5, 0.6) is 5.75 Å². The Balaban J connectivity index is 1.99. The van der Waals surface area contributed by atoms with E-state index >= 15 is 0 Å². The first-order valence-electron chi connectivity index (χ1n) is 6.35. The Hall–Kier alpha value is -1.91. The lowest BCUT2D eigenvalue weighted by Gasteiger charge is -2.17. The average Bonchev–Trinajstić information content (AvgIpc) is 2.82. The molecule has 4 nitrogen and oxygen atoms in total. The zero-order valence-electron chi connectivity index (χ0n) is 10.5. The summed E-state index contributed by atoms with van der Waals surface area (Å²) in [6.07, 6.45) is 1.37. The molecule has 19 heavy (non-hydrogen) atoms. The summed E-state index contributed by atoms with van der Waals surface area (Å²) in [6.45, 7) is 2.02. The van der Waals surface area contributed by atoms with E-state index in [-0.39, 0.29) is 35.1 Å². The Bertz CT molecular complexity index is 548. The summed E-state index contributed by atoms with van der Waals surface area (Å²) in [6, 6.07) is 3.45. The summed E-state index contributed by atoms with van der Waals surface area (Å²) in [5.74, 6) is -1.88. The van der Waals surface area contributed by atoms with Crippen LogP contribution in [0.25, 0.3) is 0 Å². The number of carbonyl (C=O) groups excluding carboxylic acids is 2. The van der Waals surface area contributed by atoms with Gasteiger partial charge in [-0.2, -0.15) is 0 Å². The smallest absolute Gasteiger partial charge is 0.237 e. The van der Waals surface area contributed by atoms with E-state index in [1.807, 2.05) is 6.92 Å². The predicted molar refractivity (Wildman–Crippen MR) is 65.9 cm³/mol. The standard InChI is InChI=1S/C14H14FNO3/c1-7-4-9-10(5-7)14(19)16(13(9)18)12-3-2-8(17)6-11(12)15/h2-3,6-7,9-10,17H,4-5H2,1H3. The van der Waals surface area contributed by atoms with Crippen molar-refractivity contribution in [2.75, 3.05) is 4.90 Å². The van der Waals surface area contributed by atoms with Gasteiger partial charge in [0.15, 0.2) is 5.82 Å². The zero-order valence-corrected chi connectivity index (χ0v) is 10.5. The van der Waals surface area contributed by atoms with E-state index in [1.54, 1.807) is 0 Å². The highest BCUT2D eigenvalue weighted by Crippen LogP contribution is 2.44. The van der Waals surface area contributed by atoms with Crippen molar-refractivity contribution in [3.63, 3.8) is 0 Å². The number of hydrogen-bond donors (Lipinski definition) is 1. The molecule has 1 aliphatic carbocycles. The number of phenolic OH excluding ortho intramolecular Hbond substituents is 1. The number of halogens is 1. The molecular weight excluding hydrogens is 249 g/mol. The third-order valence-corrected chi connectivity index (χ3v) is 4.05. The molecule has 1 heterocycles. The van der Waals surface area contributed by atoms with Gasteiger partial charge >= 0.3 is 0 Å². The molecule has 2 fully saturated rings. The van der Waals surface area contributed by atoms with Crippen molar-refractivity contribution in [3.05, 3.63) is 24.0 Å². The largest absolute Gasteiger partial charge is 0.508 e. The number of nitrogens with zero attached hydrogens (tertiary/aromatic N) is 1. The molecule has 2 aliphatic rings. The molecule has 1 aliphatic heterocycles. The van der Waals surface area contributed by atoms with Crippen molar-refractivity contribution in [1.82, 2.24) is 0 Å². The number of rotatable bonds is 1. The van der Waals surface area contributed by atoms with Gasteiger partial charge in [-0.3, -0.25) is 9.59 Å². The number of aromatic hydroxyl groups is 1. The third-order valence-electron chi connectivity index (χ3n) is 4.05. The maximum absolute atomic E-state index is 13.8. The van der Waals surface area contributed by atoms with E-state index in [2.05, 4.69) is 0 Å². The fraction of sp³-hybridized carbons (Fsp3) is 0.429. The molecule has 3 rings (SSSR count). The lowest BCUT2D eigenvalue weighted by Crippen LogP contribution is -2.32. The Morgan fingerprint density at radius 3 is 2.32 bits per heavy atom. The van der Waals surface area contributed by atoms with Crippen LogP contribution in [0.3, 0.4) is 0 Å². The van der Waals surface area contributed by atoms with Crippen molar-refractivity contribution in [1.29, 1.82) is 0 Å². The second-order valence-electron chi connectivity index (χ2n) is 5.44. The van der Waals surface area contributed by atoms with Gasteiger partial charge in [0, 0.05) is 6.07 Å². The first kappa shape index (κ1) is 12.1. The molecule has 5 heteroatoms. The first-order chi connectivity index (χ1) is 8.99. The lowest BCUT2D eigenvalue weighted by molar-refractivity contribution is -0.123. The van der Waals surface area contributed by atoms with Gasteiger partial charge in [-0.05, 0) is 30.9 Å². The van der Waals surface area contributed by atoms with Crippen LogP contribution < -0.4 is 4.90 Å². The summed E-state index contributed by atoms with van der Waals surface area (Å²) in [5.41, 5.74) is -0.0603. The second kappa shape index (κ2) is 4.05. The molecule has 2 unspecified atom stereocenters. The zero-order chi connectivity index (χ0) is 13.7. The van der Waals surface area contributed by atoms with Crippen molar-refractivity contribution >= 4 is 17.5 Å². The van der Waals surface area contributed by atoms with E-state index in [9.17, 15) is 19.1 Å². The minimum absolute atomic E-state index is 0.0603. The number of imide groups is 1. The van der Waals surface area contributed by atoms with E-state index in [0.29, 0.717) is 18.8 Å². The van der Waals surface area contributed by atoms with Gasteiger partial charge in [-0.15, -0.1) is 0 Å². The number of anilines is 1. The molecule has 0 aromatic heterocycles. The average molecular weight is 263 g/mol. The number of hydrogen-bond acceptors (Lipinski definition) is 3. The number of carbonyl (C=O) groups is 2. The van der Waals surface area contributed by atoms with Gasteiger partial charge in [-0.1, -0.05) is 6.92 Å². The normalized spacial score (nSPS) is 30.0. The van der Waals surface area contributed by atoms with Crippen LogP contribution in [-0.2, 0) is 9.59 Å². The van der Waals surface area contributed by atoms with Crippen LogP contribution >= 0.6 is 0 Å². The second-order valence-corrected chi connectivity index (χ2v) is 5.44. The summed E-state index contributed by atoms with van der Waals surface area (Å²) >= 11 is 0. The molecule has 0 spiro atoms. The summed E-state index contributed by atoms with van der Waals surface area (Å²) in [7, 11) is 0. The molecule has 1 aromatic carbocycles. The van der Waals surface area contributed by atoms with Crippen LogP contribution in [0, 0.1) is 23.6 Å². The lowest BCUT2D eigenvalue weighted by atomic mass is 10.00. The maximum Gasteiger partial charge on any atom is 0.237 e. The molecule has 1 saturated carbocycles. The molecule has 0 radical (unpaired) electrons. The summed E-state index contributed by atoms with van der Waals surface area (Å²) < 4.78 is 13.8. The fourth-order valence-electron chi connectivity index (χ4n) is 3.19. The summed E-state index contributed by atoms with van der Waals surface area (Å²) in [4.78, 5) is 25.5. The molecule has 0 bridgehead atoms. The monoisotopic (exact) mass is 263 g/mol. The van der Waals surface area contributed by atoms with Crippen LogP contribution in [-0.4, -0.2) is 16.9 Å². The summed E-state index contributed by atoms with van der Waals surface area (Å²) in [5, 5.41) is 9.18. The van der Waals surface area contributed by atoms with E-state index in [0.717, 1.165) is 11.0 Å². The fourth-order valence-corrected chi connectivity index (χ4v) is 3.19. The highest BCUT2D eigenvalue weighted by atomic mass is 19.1. The molecule has 2 amide bonds. The Morgan fingerprint density at radius 2 is 1.79 bits per heavy atom. The van der Waals surface area contributed by atoms with Gasteiger partial charge in [0.05, 0.1) is 17.5 Å². The molecule has 1 N–H and O–H groups in total. The Kier molecular flexibility index (Phi) is 2.59. The molecule has 1 aromatic rings. The Labute approximate surface area is 109 Å². The minimum atomic E-state index is -0.755. The van der Waals surface area contributed by atoms with Crippen LogP contribution in [0.2, 0.25) is 0 Å². The van der Waals surface area contributed by atoms with Crippen LogP contribution in [0.4, 0.5) is 10.1 Å². The topological polar surface area (TPSA) is 57.6 Å². The quantitative estimate of drug-likeness (QED) is 0.789. The van der Waals surface area contributed by atoms with Crippen LogP contribution in [0.15, 0.2) is 18.2 Å². The van der Waals surface area contributed by atoms with Gasteiger partial charge in [0.1, 0.15) is 5.75 Å². The van der Waals surface area contributed by atoms with E-state index < -0.39 is 5.82 Å². The highest BCUT2D eigenvalue weighted by molar-refractivity contribution is 6.22. The molecule has 2 atom stereocenters. The number of phenols is 1. The van der Waals surface area contributed by atoms with Crippen molar-refractivity contribution in [2.45, 2.75) is 19.8 Å². The minimum Gasteiger partial charge on any atom is -0.508 e. The van der Waals surface area contributed by atoms with E-state index in [4.69, 9.17) is 0 Å². The Morgan fingerprint density at radius 1 is 1.21 bits per heavy atom. The number of benzene rings is 1. The van der Waals surface area contributed by atoms with Crippen LogP contribution in [0.1, 0.15) is 19.8 Å².